The Morgan fingerprint density at radius 1 is 1.14 bits per heavy atom. The molecule has 1 aliphatic rings. The van der Waals surface area contributed by atoms with E-state index >= 15 is 0 Å². The van der Waals surface area contributed by atoms with Crippen molar-refractivity contribution in [3.63, 3.8) is 0 Å². The monoisotopic (exact) mass is 411 g/mol. The van der Waals surface area contributed by atoms with Gasteiger partial charge in [0.25, 0.3) is 5.91 Å². The summed E-state index contributed by atoms with van der Waals surface area (Å²) in [5, 5.41) is 8.89. The Morgan fingerprint density at radius 3 is 2.36 bits per heavy atom. The molecular formula is C17H12F3N3O4S. The Bertz CT molecular complexity index is 1080. The zero-order valence-corrected chi connectivity index (χ0v) is 14.7. The third-order valence-corrected chi connectivity index (χ3v) is 4.55. The number of carbonyl (C=O) groups excluding carboxylic acids is 1. The van der Waals surface area contributed by atoms with Crippen LogP contribution in [0.2, 0.25) is 0 Å². The molecule has 0 aliphatic carbocycles. The van der Waals surface area contributed by atoms with Gasteiger partial charge in [-0.05, 0) is 48.6 Å². The molecule has 0 saturated heterocycles. The summed E-state index contributed by atoms with van der Waals surface area (Å²) in [7, 11) is -3.98. The number of alkyl halides is 3. The zero-order valence-electron chi connectivity index (χ0n) is 13.9. The SMILES string of the molecule is NS(=O)(=O)c1ccc(N2N=C(C(F)(F)F)C(=CC=Cc3ccco3)C2=O)cc1. The number of sulfonamides is 1. The van der Waals surface area contributed by atoms with Crippen LogP contribution in [0.15, 0.2) is 74.8 Å². The second-order valence-corrected chi connectivity index (χ2v) is 7.12. The van der Waals surface area contributed by atoms with Crippen LogP contribution in [-0.2, 0) is 14.8 Å². The number of halogens is 3. The van der Waals surface area contributed by atoms with E-state index in [4.69, 9.17) is 9.56 Å². The number of rotatable bonds is 4. The lowest BCUT2D eigenvalue weighted by molar-refractivity contribution is -0.114. The van der Waals surface area contributed by atoms with Crippen molar-refractivity contribution in [3.05, 3.63) is 66.1 Å². The van der Waals surface area contributed by atoms with Crippen LogP contribution in [0.1, 0.15) is 5.76 Å². The predicted molar refractivity (Wildman–Crippen MR) is 94.6 cm³/mol. The number of hydrazone groups is 1. The minimum atomic E-state index is -4.87. The first-order valence-corrected chi connectivity index (χ1v) is 9.17. The van der Waals surface area contributed by atoms with Gasteiger partial charge in [0.15, 0.2) is 5.71 Å². The quantitative estimate of drug-likeness (QED) is 0.781. The molecule has 7 nitrogen and oxygen atoms in total. The van der Waals surface area contributed by atoms with Crippen molar-refractivity contribution in [2.45, 2.75) is 11.1 Å². The summed E-state index contributed by atoms with van der Waals surface area (Å²) in [6, 6.07) is 7.60. The summed E-state index contributed by atoms with van der Waals surface area (Å²) in [6.07, 6.45) is 0.132. The molecule has 0 atom stereocenters. The van der Waals surface area contributed by atoms with Crippen molar-refractivity contribution >= 4 is 33.4 Å². The Morgan fingerprint density at radius 2 is 1.82 bits per heavy atom. The fraction of sp³-hybridized carbons (Fsp3) is 0.0588. The number of hydrogen-bond donors (Lipinski definition) is 1. The number of hydrogen-bond acceptors (Lipinski definition) is 5. The lowest BCUT2D eigenvalue weighted by Crippen LogP contribution is -2.25. The molecule has 1 amide bonds. The minimum Gasteiger partial charge on any atom is -0.465 e. The van der Waals surface area contributed by atoms with Crippen LogP contribution in [0.3, 0.4) is 0 Å². The second kappa shape index (κ2) is 7.09. The number of primary sulfonamides is 1. The van der Waals surface area contributed by atoms with E-state index in [-0.39, 0.29) is 10.6 Å². The molecule has 1 aromatic heterocycles. The number of carbonyl (C=O) groups is 1. The van der Waals surface area contributed by atoms with E-state index in [2.05, 4.69) is 5.10 Å². The van der Waals surface area contributed by atoms with Crippen LogP contribution in [0.4, 0.5) is 18.9 Å². The van der Waals surface area contributed by atoms with E-state index in [1.165, 1.54) is 18.4 Å². The third-order valence-electron chi connectivity index (χ3n) is 3.62. The predicted octanol–water partition coefficient (Wildman–Crippen LogP) is 2.83. The van der Waals surface area contributed by atoms with Crippen molar-refractivity contribution in [1.82, 2.24) is 0 Å². The summed E-state index contributed by atoms with van der Waals surface area (Å²) in [5.41, 5.74) is -2.07. The van der Waals surface area contributed by atoms with Gasteiger partial charge in [0, 0.05) is 0 Å². The number of anilines is 1. The highest BCUT2D eigenvalue weighted by Crippen LogP contribution is 2.32. The molecule has 28 heavy (non-hydrogen) atoms. The summed E-state index contributed by atoms with van der Waals surface area (Å²) in [6.45, 7) is 0. The van der Waals surface area contributed by atoms with Gasteiger partial charge < -0.3 is 4.42 Å². The van der Waals surface area contributed by atoms with E-state index in [1.54, 1.807) is 12.1 Å². The van der Waals surface area contributed by atoms with Crippen LogP contribution in [0.5, 0.6) is 0 Å². The third kappa shape index (κ3) is 4.05. The van der Waals surface area contributed by atoms with Gasteiger partial charge in [-0.15, -0.1) is 0 Å². The Balaban J connectivity index is 1.96. The number of nitrogens with two attached hydrogens (primary N) is 1. The normalized spacial score (nSPS) is 17.0. The number of amides is 1. The highest BCUT2D eigenvalue weighted by Gasteiger charge is 2.46. The zero-order chi connectivity index (χ0) is 20.5. The molecule has 0 fully saturated rings. The topological polar surface area (TPSA) is 106 Å². The van der Waals surface area contributed by atoms with Gasteiger partial charge in [-0.25, -0.2) is 13.6 Å². The van der Waals surface area contributed by atoms with Crippen molar-refractivity contribution in [3.8, 4) is 0 Å². The van der Waals surface area contributed by atoms with E-state index in [0.29, 0.717) is 10.8 Å². The lowest BCUT2D eigenvalue weighted by atomic mass is 10.1. The highest BCUT2D eigenvalue weighted by atomic mass is 32.2. The fourth-order valence-corrected chi connectivity index (χ4v) is 2.87. The van der Waals surface area contributed by atoms with E-state index in [1.807, 2.05) is 0 Å². The molecule has 0 unspecified atom stereocenters. The molecule has 0 saturated carbocycles. The van der Waals surface area contributed by atoms with Crippen molar-refractivity contribution in [1.29, 1.82) is 0 Å². The largest absolute Gasteiger partial charge is 0.465 e. The Hall–Kier alpha value is -3.18. The van der Waals surface area contributed by atoms with E-state index in [0.717, 1.165) is 30.3 Å². The maximum absolute atomic E-state index is 13.3. The minimum absolute atomic E-state index is 0.0439. The van der Waals surface area contributed by atoms with Crippen LogP contribution in [0.25, 0.3) is 6.08 Å². The Kier molecular flexibility index (Phi) is 4.96. The first-order valence-electron chi connectivity index (χ1n) is 7.63. The van der Waals surface area contributed by atoms with Crippen LogP contribution >= 0.6 is 0 Å². The summed E-state index contributed by atoms with van der Waals surface area (Å²) in [5.74, 6) is -0.622. The molecular weight excluding hydrogens is 399 g/mol. The second-order valence-electron chi connectivity index (χ2n) is 5.56. The molecule has 2 N–H and O–H groups in total. The van der Waals surface area contributed by atoms with Gasteiger partial charge in [0.2, 0.25) is 10.0 Å². The first-order chi connectivity index (χ1) is 13.1. The van der Waals surface area contributed by atoms with Gasteiger partial charge in [0.1, 0.15) is 5.76 Å². The summed E-state index contributed by atoms with van der Waals surface area (Å²) in [4.78, 5) is 12.2. The number of benzene rings is 1. The van der Waals surface area contributed by atoms with Crippen LogP contribution in [0, 0.1) is 0 Å². The van der Waals surface area contributed by atoms with Gasteiger partial charge in [-0.2, -0.15) is 23.3 Å². The van der Waals surface area contributed by atoms with Crippen molar-refractivity contribution < 1.29 is 30.8 Å². The van der Waals surface area contributed by atoms with Crippen molar-refractivity contribution in [2.75, 3.05) is 5.01 Å². The molecule has 1 aliphatic heterocycles. The van der Waals surface area contributed by atoms with Gasteiger partial charge in [0.05, 0.1) is 22.4 Å². The maximum Gasteiger partial charge on any atom is 0.435 e. The van der Waals surface area contributed by atoms with Gasteiger partial charge in [-0.1, -0.05) is 6.08 Å². The molecule has 146 valence electrons. The smallest absolute Gasteiger partial charge is 0.435 e. The lowest BCUT2D eigenvalue weighted by Gasteiger charge is -2.11. The molecule has 11 heteroatoms. The van der Waals surface area contributed by atoms with Crippen molar-refractivity contribution in [2.24, 2.45) is 10.2 Å². The molecule has 0 radical (unpaired) electrons. The number of nitrogens with zero attached hydrogens (tertiary/aromatic N) is 2. The summed E-state index contributed by atoms with van der Waals surface area (Å²) >= 11 is 0. The molecule has 1 aromatic carbocycles. The van der Waals surface area contributed by atoms with Gasteiger partial charge in [-0.3, -0.25) is 4.79 Å². The van der Waals surface area contributed by atoms with E-state index < -0.39 is 33.4 Å². The van der Waals surface area contributed by atoms with E-state index in [9.17, 15) is 26.4 Å². The Labute approximate surface area is 157 Å². The van der Waals surface area contributed by atoms with Gasteiger partial charge >= 0.3 is 6.18 Å². The maximum atomic E-state index is 13.3. The fourth-order valence-electron chi connectivity index (χ4n) is 2.35. The average Bonchev–Trinajstić information content (AvgIpc) is 3.23. The van der Waals surface area contributed by atoms with Crippen LogP contribution < -0.4 is 10.1 Å². The first kappa shape index (κ1) is 19.6. The number of allylic oxidation sites excluding steroid dienone is 2. The standard InChI is InChI=1S/C17H12F3N3O4S/c18-17(19,20)15-14(5-1-3-12-4-2-10-27-12)16(24)23(22-15)11-6-8-13(9-7-11)28(21,25)26/h1-10H,(H2,21,25,26). The molecule has 3 rings (SSSR count). The average molecular weight is 411 g/mol. The summed E-state index contributed by atoms with van der Waals surface area (Å²) < 4.78 is 67.5. The molecule has 0 spiro atoms. The molecule has 2 aromatic rings. The number of furan rings is 1. The van der Waals surface area contributed by atoms with Crippen LogP contribution in [-0.4, -0.2) is 26.2 Å². The molecule has 0 bridgehead atoms. The molecule has 2 heterocycles. The highest BCUT2D eigenvalue weighted by molar-refractivity contribution is 7.89.